The standard InChI is InChI=1S/C17H34N2/c1-16(2)9-14(10-17(3,4)12-16)19(5)15-8-6-7-13(15)11-18/h13-15H,6-12,18H2,1-5H3. The summed E-state index contributed by atoms with van der Waals surface area (Å²) in [6, 6.07) is 1.48. The highest BCUT2D eigenvalue weighted by Crippen LogP contribution is 2.48. The van der Waals surface area contributed by atoms with Gasteiger partial charge in [0.2, 0.25) is 0 Å². The van der Waals surface area contributed by atoms with Gasteiger partial charge in [-0.05, 0) is 62.4 Å². The van der Waals surface area contributed by atoms with Gasteiger partial charge in [0.25, 0.3) is 0 Å². The summed E-state index contributed by atoms with van der Waals surface area (Å²) in [6.07, 6.45) is 8.12. The van der Waals surface area contributed by atoms with Crippen LogP contribution in [0.4, 0.5) is 0 Å². The number of nitrogens with two attached hydrogens (primary N) is 1. The van der Waals surface area contributed by atoms with Gasteiger partial charge < -0.3 is 10.6 Å². The van der Waals surface area contributed by atoms with Crippen LogP contribution in [0.2, 0.25) is 0 Å². The number of hydrogen-bond acceptors (Lipinski definition) is 2. The van der Waals surface area contributed by atoms with Crippen LogP contribution in [0, 0.1) is 16.7 Å². The smallest absolute Gasteiger partial charge is 0.0135 e. The van der Waals surface area contributed by atoms with Crippen LogP contribution in [0.25, 0.3) is 0 Å². The van der Waals surface area contributed by atoms with Crippen molar-refractivity contribution in [3.8, 4) is 0 Å². The first kappa shape index (κ1) is 15.3. The summed E-state index contributed by atoms with van der Waals surface area (Å²) in [6.45, 7) is 10.7. The SMILES string of the molecule is CN(C1CC(C)(C)CC(C)(C)C1)C1CCCC1CN. The van der Waals surface area contributed by atoms with Gasteiger partial charge in [-0.15, -0.1) is 0 Å². The van der Waals surface area contributed by atoms with Gasteiger partial charge in [0, 0.05) is 12.1 Å². The highest BCUT2D eigenvalue weighted by atomic mass is 15.2. The zero-order valence-corrected chi connectivity index (χ0v) is 13.7. The summed E-state index contributed by atoms with van der Waals surface area (Å²) in [4.78, 5) is 2.70. The van der Waals surface area contributed by atoms with Crippen molar-refractivity contribution in [3.05, 3.63) is 0 Å². The molecule has 2 nitrogen and oxygen atoms in total. The van der Waals surface area contributed by atoms with E-state index in [1.54, 1.807) is 0 Å². The van der Waals surface area contributed by atoms with Crippen molar-refractivity contribution >= 4 is 0 Å². The lowest BCUT2D eigenvalue weighted by Gasteiger charge is -2.49. The Morgan fingerprint density at radius 3 is 2.16 bits per heavy atom. The molecule has 2 aliphatic rings. The van der Waals surface area contributed by atoms with E-state index in [-0.39, 0.29) is 0 Å². The van der Waals surface area contributed by atoms with Crippen LogP contribution in [-0.2, 0) is 0 Å². The molecular formula is C17H34N2. The Morgan fingerprint density at radius 1 is 1.05 bits per heavy atom. The Kier molecular flexibility index (Phi) is 4.32. The van der Waals surface area contributed by atoms with E-state index in [1.807, 2.05) is 0 Å². The molecule has 0 spiro atoms. The second-order valence-corrected chi connectivity index (χ2v) is 8.73. The number of nitrogens with zero attached hydrogens (tertiary/aromatic N) is 1. The quantitative estimate of drug-likeness (QED) is 0.845. The maximum Gasteiger partial charge on any atom is 0.0135 e. The molecule has 0 saturated heterocycles. The summed E-state index contributed by atoms with van der Waals surface area (Å²) in [5, 5.41) is 0. The van der Waals surface area contributed by atoms with E-state index in [4.69, 9.17) is 5.73 Å². The number of rotatable bonds is 3. The first-order chi connectivity index (χ1) is 8.74. The minimum atomic E-state index is 0.484. The molecule has 0 aliphatic heterocycles. The van der Waals surface area contributed by atoms with E-state index in [9.17, 15) is 0 Å². The van der Waals surface area contributed by atoms with Crippen LogP contribution < -0.4 is 5.73 Å². The molecule has 19 heavy (non-hydrogen) atoms. The monoisotopic (exact) mass is 266 g/mol. The van der Waals surface area contributed by atoms with Gasteiger partial charge in [0.1, 0.15) is 0 Å². The van der Waals surface area contributed by atoms with Gasteiger partial charge >= 0.3 is 0 Å². The lowest BCUT2D eigenvalue weighted by molar-refractivity contribution is 0.0111. The molecule has 2 unspecified atom stereocenters. The maximum absolute atomic E-state index is 5.97. The molecule has 0 aromatic carbocycles. The Morgan fingerprint density at radius 2 is 1.63 bits per heavy atom. The van der Waals surface area contributed by atoms with Crippen molar-refractivity contribution < 1.29 is 0 Å². The highest BCUT2D eigenvalue weighted by Gasteiger charge is 2.42. The lowest BCUT2D eigenvalue weighted by atomic mass is 9.63. The summed E-state index contributed by atoms with van der Waals surface area (Å²) in [5.74, 6) is 0.734. The topological polar surface area (TPSA) is 29.3 Å². The molecule has 0 aromatic heterocycles. The van der Waals surface area contributed by atoms with Crippen molar-refractivity contribution in [2.24, 2.45) is 22.5 Å². The number of hydrogen-bond donors (Lipinski definition) is 1. The van der Waals surface area contributed by atoms with E-state index in [0.29, 0.717) is 10.8 Å². The first-order valence-corrected chi connectivity index (χ1v) is 8.16. The fourth-order valence-corrected chi connectivity index (χ4v) is 5.17. The third-order valence-electron chi connectivity index (χ3n) is 5.55. The zero-order valence-electron chi connectivity index (χ0n) is 13.7. The van der Waals surface area contributed by atoms with Gasteiger partial charge in [0.05, 0.1) is 0 Å². The molecule has 2 atom stereocenters. The molecule has 112 valence electrons. The second-order valence-electron chi connectivity index (χ2n) is 8.73. The van der Waals surface area contributed by atoms with Gasteiger partial charge in [-0.25, -0.2) is 0 Å². The van der Waals surface area contributed by atoms with E-state index in [2.05, 4.69) is 39.6 Å². The Balaban J connectivity index is 2.07. The summed E-state index contributed by atoms with van der Waals surface area (Å²) >= 11 is 0. The minimum Gasteiger partial charge on any atom is -0.330 e. The van der Waals surface area contributed by atoms with Crippen LogP contribution in [0.1, 0.15) is 66.2 Å². The molecule has 2 saturated carbocycles. The maximum atomic E-state index is 5.97. The Hall–Kier alpha value is -0.0800. The van der Waals surface area contributed by atoms with Crippen LogP contribution in [0.15, 0.2) is 0 Å². The zero-order chi connectivity index (χ0) is 14.3. The van der Waals surface area contributed by atoms with Crippen LogP contribution in [-0.4, -0.2) is 30.6 Å². The molecule has 2 rings (SSSR count). The summed E-state index contributed by atoms with van der Waals surface area (Å²) in [5.41, 5.74) is 6.94. The predicted octanol–water partition coefficient (Wildman–Crippen LogP) is 3.65. The van der Waals surface area contributed by atoms with Crippen molar-refractivity contribution in [2.75, 3.05) is 13.6 Å². The molecule has 0 amide bonds. The molecule has 2 aliphatic carbocycles. The van der Waals surface area contributed by atoms with E-state index in [1.165, 1.54) is 38.5 Å². The largest absolute Gasteiger partial charge is 0.330 e. The van der Waals surface area contributed by atoms with Crippen molar-refractivity contribution in [3.63, 3.8) is 0 Å². The van der Waals surface area contributed by atoms with E-state index >= 15 is 0 Å². The third kappa shape index (κ3) is 3.52. The average molecular weight is 266 g/mol. The van der Waals surface area contributed by atoms with Gasteiger partial charge in [-0.2, -0.15) is 0 Å². The van der Waals surface area contributed by atoms with Gasteiger partial charge in [0.15, 0.2) is 0 Å². The predicted molar refractivity (Wildman–Crippen MR) is 83.1 cm³/mol. The Labute approximate surface area is 120 Å². The van der Waals surface area contributed by atoms with E-state index < -0.39 is 0 Å². The summed E-state index contributed by atoms with van der Waals surface area (Å²) in [7, 11) is 2.36. The fourth-order valence-electron chi connectivity index (χ4n) is 5.17. The second kappa shape index (κ2) is 5.37. The molecule has 2 N–H and O–H groups in total. The van der Waals surface area contributed by atoms with Crippen molar-refractivity contribution in [1.29, 1.82) is 0 Å². The normalized spacial score (nSPS) is 34.9. The Bertz CT molecular complexity index is 292. The summed E-state index contributed by atoms with van der Waals surface area (Å²) < 4.78 is 0. The molecule has 0 bridgehead atoms. The first-order valence-electron chi connectivity index (χ1n) is 8.16. The molecule has 2 heteroatoms. The minimum absolute atomic E-state index is 0.484. The molecule has 2 fully saturated rings. The van der Waals surface area contributed by atoms with Crippen LogP contribution in [0.5, 0.6) is 0 Å². The fraction of sp³-hybridized carbons (Fsp3) is 1.00. The molecule has 0 heterocycles. The average Bonchev–Trinajstić information content (AvgIpc) is 2.71. The van der Waals surface area contributed by atoms with Gasteiger partial charge in [-0.1, -0.05) is 34.1 Å². The molecule has 0 radical (unpaired) electrons. The lowest BCUT2D eigenvalue weighted by Crippen LogP contribution is -2.50. The van der Waals surface area contributed by atoms with Crippen LogP contribution in [0.3, 0.4) is 0 Å². The third-order valence-corrected chi connectivity index (χ3v) is 5.55. The highest BCUT2D eigenvalue weighted by molar-refractivity contribution is 4.96. The molecular weight excluding hydrogens is 232 g/mol. The van der Waals surface area contributed by atoms with E-state index in [0.717, 1.165) is 24.5 Å². The van der Waals surface area contributed by atoms with Crippen LogP contribution >= 0.6 is 0 Å². The van der Waals surface area contributed by atoms with Crippen molar-refractivity contribution in [2.45, 2.75) is 78.3 Å². The van der Waals surface area contributed by atoms with Crippen molar-refractivity contribution in [1.82, 2.24) is 4.90 Å². The van der Waals surface area contributed by atoms with Gasteiger partial charge in [-0.3, -0.25) is 0 Å². The molecule has 0 aromatic rings.